The van der Waals surface area contributed by atoms with Gasteiger partial charge in [0.05, 0.1) is 16.6 Å². The lowest BCUT2D eigenvalue weighted by atomic mass is 9.96. The van der Waals surface area contributed by atoms with E-state index in [4.69, 9.17) is 4.98 Å². The molecule has 0 spiro atoms. The number of carbonyl (C=O) groups excluding carboxylic acids is 1. The van der Waals surface area contributed by atoms with Crippen molar-refractivity contribution in [2.75, 3.05) is 28.6 Å². The maximum atomic E-state index is 12.8. The molecule has 3 heterocycles. The van der Waals surface area contributed by atoms with Crippen molar-refractivity contribution in [2.45, 2.75) is 51.7 Å². The zero-order chi connectivity index (χ0) is 26.2. The second-order valence-corrected chi connectivity index (χ2v) is 9.38. The minimum absolute atomic E-state index is 0.0509. The number of fused-ring (bicyclic) bond motifs is 1. The number of carbonyl (C=O) groups is 1. The summed E-state index contributed by atoms with van der Waals surface area (Å²) in [5.41, 5.74) is 3.55. The number of piperidine rings is 1. The maximum absolute atomic E-state index is 12.8. The van der Waals surface area contributed by atoms with Gasteiger partial charge in [-0.1, -0.05) is 20.4 Å². The normalized spacial score (nSPS) is 16.4. The molecule has 36 heavy (non-hydrogen) atoms. The van der Waals surface area contributed by atoms with Gasteiger partial charge in [-0.05, 0) is 43.4 Å². The number of halogens is 3. The van der Waals surface area contributed by atoms with E-state index in [1.165, 1.54) is 6.08 Å². The van der Waals surface area contributed by atoms with E-state index in [0.717, 1.165) is 65.6 Å². The fraction of sp³-hybridized carbons (Fsp3) is 0.440. The van der Waals surface area contributed by atoms with Crippen LogP contribution in [0.4, 0.5) is 30.8 Å². The summed E-state index contributed by atoms with van der Waals surface area (Å²) in [4.78, 5) is 26.9. The third kappa shape index (κ3) is 5.00. The van der Waals surface area contributed by atoms with Crippen molar-refractivity contribution < 1.29 is 18.0 Å². The van der Waals surface area contributed by atoms with E-state index in [1.54, 1.807) is 0 Å². The Bertz CT molecular complexity index is 1280. The van der Waals surface area contributed by atoms with E-state index in [1.807, 2.05) is 18.5 Å². The molecule has 0 saturated carbocycles. The minimum atomic E-state index is -4.47. The third-order valence-corrected chi connectivity index (χ3v) is 6.50. The predicted molar refractivity (Wildman–Crippen MR) is 134 cm³/mol. The molecule has 1 saturated heterocycles. The minimum Gasteiger partial charge on any atom is -0.350 e. The van der Waals surface area contributed by atoms with Crippen LogP contribution in [0.1, 0.15) is 49.3 Å². The first-order chi connectivity index (χ1) is 17.0. The molecule has 1 aromatic carbocycles. The molecule has 0 unspecified atom stereocenters. The third-order valence-electron chi connectivity index (χ3n) is 6.50. The zero-order valence-electron chi connectivity index (χ0n) is 20.8. The van der Waals surface area contributed by atoms with Crippen molar-refractivity contribution in [1.29, 1.82) is 0 Å². The number of benzene rings is 1. The molecule has 0 aliphatic carbocycles. The quantitative estimate of drug-likeness (QED) is 0.461. The molecule has 1 atom stereocenters. The summed E-state index contributed by atoms with van der Waals surface area (Å²) in [6, 6.07) is 2.02. The first-order valence-corrected chi connectivity index (χ1v) is 11.8. The Morgan fingerprint density at radius 2 is 1.97 bits per heavy atom. The van der Waals surface area contributed by atoms with Crippen LogP contribution in [-0.4, -0.2) is 44.6 Å². The molecule has 1 fully saturated rings. The summed E-state index contributed by atoms with van der Waals surface area (Å²) in [6.07, 6.45) is 0.0665. The van der Waals surface area contributed by atoms with Gasteiger partial charge in [0.25, 0.3) is 0 Å². The lowest BCUT2D eigenvalue weighted by molar-refractivity contribution is -0.138. The largest absolute Gasteiger partial charge is 0.419 e. The van der Waals surface area contributed by atoms with Crippen LogP contribution in [0, 0.1) is 6.92 Å². The number of hydrogen-bond donors (Lipinski definition) is 2. The standard InChI is InChI=1S/C25H30F3N7O/c1-6-20(36)32-21-15(4)22-19(10-18(21)14(2)3)34(5)24(33-22)35-9-7-8-17(13-35)31-23-29-11-16(12-30-23)25(26,27)28/h6,10-12,14,17H,1,7-9,13H2,2-5H3,(H,32,36)(H,29,30,31)/t17-/m1/s1. The highest BCUT2D eigenvalue weighted by atomic mass is 19.4. The van der Waals surface area contributed by atoms with E-state index in [2.05, 4.69) is 52.0 Å². The average Bonchev–Trinajstić information content (AvgIpc) is 3.17. The summed E-state index contributed by atoms with van der Waals surface area (Å²) in [5, 5.41) is 6.10. The molecular weight excluding hydrogens is 471 g/mol. The van der Waals surface area contributed by atoms with Crippen LogP contribution in [0.15, 0.2) is 31.1 Å². The molecule has 11 heteroatoms. The molecule has 1 amide bonds. The highest BCUT2D eigenvalue weighted by molar-refractivity contribution is 6.02. The van der Waals surface area contributed by atoms with E-state index in [9.17, 15) is 18.0 Å². The maximum Gasteiger partial charge on any atom is 0.419 e. The molecular formula is C25H30F3N7O. The first kappa shape index (κ1) is 25.5. The smallest absolute Gasteiger partial charge is 0.350 e. The van der Waals surface area contributed by atoms with E-state index in [0.29, 0.717) is 6.54 Å². The van der Waals surface area contributed by atoms with Crippen molar-refractivity contribution in [3.05, 3.63) is 47.8 Å². The highest BCUT2D eigenvalue weighted by Crippen LogP contribution is 2.36. The summed E-state index contributed by atoms with van der Waals surface area (Å²) in [5.74, 6) is 0.861. The molecule has 4 rings (SSSR count). The van der Waals surface area contributed by atoms with Crippen LogP contribution in [0.3, 0.4) is 0 Å². The average molecular weight is 502 g/mol. The Morgan fingerprint density at radius 1 is 1.28 bits per heavy atom. The van der Waals surface area contributed by atoms with Gasteiger partial charge in [0, 0.05) is 49.8 Å². The second-order valence-electron chi connectivity index (χ2n) is 9.38. The SMILES string of the molecule is C=CC(=O)Nc1c(C(C)C)cc2c(nc(N3CCC[C@@H](Nc4ncc(C(F)(F)F)cn4)C3)n2C)c1C. The number of imidazole rings is 1. The number of aromatic nitrogens is 4. The van der Waals surface area contributed by atoms with Crippen molar-refractivity contribution in [3.8, 4) is 0 Å². The van der Waals surface area contributed by atoms with Crippen LogP contribution in [0.25, 0.3) is 11.0 Å². The van der Waals surface area contributed by atoms with Gasteiger partial charge in [0.15, 0.2) is 0 Å². The Kier molecular flexibility index (Phi) is 6.92. The van der Waals surface area contributed by atoms with Gasteiger partial charge in [-0.25, -0.2) is 15.0 Å². The van der Waals surface area contributed by atoms with Crippen LogP contribution in [0.5, 0.6) is 0 Å². The van der Waals surface area contributed by atoms with Crippen molar-refractivity contribution in [1.82, 2.24) is 19.5 Å². The van der Waals surface area contributed by atoms with E-state index < -0.39 is 11.7 Å². The summed E-state index contributed by atoms with van der Waals surface area (Å²) in [6.45, 7) is 11.0. The topological polar surface area (TPSA) is 88.0 Å². The predicted octanol–water partition coefficient (Wildman–Crippen LogP) is 5.02. The van der Waals surface area contributed by atoms with E-state index in [-0.39, 0.29) is 23.8 Å². The number of alkyl halides is 3. The molecule has 0 bridgehead atoms. The fourth-order valence-electron chi connectivity index (χ4n) is 4.58. The number of hydrogen-bond acceptors (Lipinski definition) is 6. The van der Waals surface area contributed by atoms with Gasteiger partial charge in [0.1, 0.15) is 0 Å². The molecule has 192 valence electrons. The fourth-order valence-corrected chi connectivity index (χ4v) is 4.58. The summed E-state index contributed by atoms with van der Waals surface area (Å²) in [7, 11) is 1.96. The molecule has 1 aliphatic rings. The molecule has 2 N–H and O–H groups in total. The van der Waals surface area contributed by atoms with Crippen LogP contribution >= 0.6 is 0 Å². The molecule has 3 aromatic rings. The van der Waals surface area contributed by atoms with Crippen molar-refractivity contribution >= 4 is 34.5 Å². The highest BCUT2D eigenvalue weighted by Gasteiger charge is 2.32. The Labute approximate surface area is 207 Å². The summed E-state index contributed by atoms with van der Waals surface area (Å²) < 4.78 is 40.5. The van der Waals surface area contributed by atoms with Crippen molar-refractivity contribution in [2.24, 2.45) is 7.05 Å². The van der Waals surface area contributed by atoms with Gasteiger partial charge in [-0.2, -0.15) is 13.2 Å². The monoisotopic (exact) mass is 501 g/mol. The Hall–Kier alpha value is -3.63. The van der Waals surface area contributed by atoms with Crippen LogP contribution in [-0.2, 0) is 18.0 Å². The molecule has 1 aliphatic heterocycles. The lowest BCUT2D eigenvalue weighted by Gasteiger charge is -2.33. The zero-order valence-corrected chi connectivity index (χ0v) is 20.8. The summed E-state index contributed by atoms with van der Waals surface area (Å²) >= 11 is 0. The number of aryl methyl sites for hydroxylation is 2. The number of anilines is 3. The number of nitrogens with zero attached hydrogens (tertiary/aromatic N) is 5. The van der Waals surface area contributed by atoms with Crippen LogP contribution in [0.2, 0.25) is 0 Å². The van der Waals surface area contributed by atoms with Gasteiger partial charge < -0.3 is 20.1 Å². The van der Waals surface area contributed by atoms with Gasteiger partial charge in [-0.3, -0.25) is 4.79 Å². The van der Waals surface area contributed by atoms with Crippen molar-refractivity contribution in [3.63, 3.8) is 0 Å². The van der Waals surface area contributed by atoms with Gasteiger partial charge >= 0.3 is 6.18 Å². The number of nitrogens with one attached hydrogen (secondary N) is 2. The second kappa shape index (κ2) is 9.79. The van der Waals surface area contributed by atoms with Gasteiger partial charge in [0.2, 0.25) is 17.8 Å². The molecule has 2 aromatic heterocycles. The number of rotatable bonds is 6. The van der Waals surface area contributed by atoms with E-state index >= 15 is 0 Å². The number of amides is 1. The Balaban J connectivity index is 1.61. The lowest BCUT2D eigenvalue weighted by Crippen LogP contribution is -2.43. The molecule has 0 radical (unpaired) electrons. The van der Waals surface area contributed by atoms with Gasteiger partial charge in [-0.15, -0.1) is 0 Å². The first-order valence-electron chi connectivity index (χ1n) is 11.8. The van der Waals surface area contributed by atoms with Crippen LogP contribution < -0.4 is 15.5 Å². The molecule has 8 nitrogen and oxygen atoms in total. The Morgan fingerprint density at radius 3 is 2.58 bits per heavy atom.